The number of anilines is 1. The van der Waals surface area contributed by atoms with Crippen molar-refractivity contribution in [3.05, 3.63) is 83.4 Å². The second kappa shape index (κ2) is 8.05. The van der Waals surface area contributed by atoms with Crippen LogP contribution in [0.4, 0.5) is 5.69 Å². The number of hydrogen-bond donors (Lipinski definition) is 1. The number of nitrogens with one attached hydrogen (secondary N) is 1. The number of aromatic nitrogens is 2. The molecule has 5 rings (SSSR count). The van der Waals surface area contributed by atoms with Crippen LogP contribution in [0.5, 0.6) is 11.5 Å². The molecular formula is C25H20ClN3O3. The Hall–Kier alpha value is -3.77. The number of nitrogens with zero attached hydrogens (tertiary/aromatic N) is 2. The van der Waals surface area contributed by atoms with Gasteiger partial charge in [-0.05, 0) is 72.8 Å². The number of benzene rings is 3. The maximum Gasteiger partial charge on any atom is 0.253 e. The molecule has 0 bridgehead atoms. The first-order valence-corrected chi connectivity index (χ1v) is 10.4. The van der Waals surface area contributed by atoms with Crippen molar-refractivity contribution in [2.24, 2.45) is 0 Å². The van der Waals surface area contributed by atoms with Gasteiger partial charge in [0.15, 0.2) is 6.04 Å². The van der Waals surface area contributed by atoms with E-state index in [2.05, 4.69) is 5.32 Å². The Morgan fingerprint density at radius 3 is 2.12 bits per heavy atom. The quantitative estimate of drug-likeness (QED) is 0.445. The summed E-state index contributed by atoms with van der Waals surface area (Å²) in [4.78, 5) is 13.0. The van der Waals surface area contributed by atoms with Crippen LogP contribution in [0.25, 0.3) is 22.5 Å². The lowest BCUT2D eigenvalue weighted by Crippen LogP contribution is -2.21. The Morgan fingerprint density at radius 2 is 1.50 bits per heavy atom. The maximum atomic E-state index is 13.0. The van der Waals surface area contributed by atoms with Gasteiger partial charge in [0, 0.05) is 27.4 Å². The van der Waals surface area contributed by atoms with Crippen molar-refractivity contribution >= 4 is 23.2 Å². The van der Waals surface area contributed by atoms with Crippen molar-refractivity contribution in [3.8, 4) is 34.0 Å². The van der Waals surface area contributed by atoms with Gasteiger partial charge in [-0.25, -0.2) is 4.68 Å². The fourth-order valence-corrected chi connectivity index (χ4v) is 4.11. The number of methoxy groups -OCH3 is 2. The minimum atomic E-state index is -0.632. The van der Waals surface area contributed by atoms with E-state index in [9.17, 15) is 4.79 Å². The monoisotopic (exact) mass is 445 g/mol. The minimum absolute atomic E-state index is 0.151. The number of carbonyl (C=O) groups is 1. The molecule has 0 fully saturated rings. The SMILES string of the molecule is COc1ccc(-c2cc(-c3ccc(OC)cc3)n(C3C(=O)Nc4ccc(Cl)cc43)n2)cc1. The fraction of sp³-hybridized carbons (Fsp3) is 0.120. The zero-order chi connectivity index (χ0) is 22.2. The smallest absolute Gasteiger partial charge is 0.253 e. The second-order valence-electron chi connectivity index (χ2n) is 7.44. The molecule has 1 N–H and O–H groups in total. The Morgan fingerprint density at radius 1 is 0.875 bits per heavy atom. The van der Waals surface area contributed by atoms with Crippen molar-refractivity contribution in [3.63, 3.8) is 0 Å². The molecule has 1 amide bonds. The highest BCUT2D eigenvalue weighted by Crippen LogP contribution is 2.39. The lowest BCUT2D eigenvalue weighted by atomic mass is 10.1. The summed E-state index contributed by atoms with van der Waals surface area (Å²) in [6.45, 7) is 0. The zero-order valence-electron chi connectivity index (χ0n) is 17.5. The predicted molar refractivity (Wildman–Crippen MR) is 124 cm³/mol. The van der Waals surface area contributed by atoms with Crippen molar-refractivity contribution in [2.75, 3.05) is 19.5 Å². The number of fused-ring (bicyclic) bond motifs is 1. The largest absolute Gasteiger partial charge is 0.497 e. The summed E-state index contributed by atoms with van der Waals surface area (Å²) in [7, 11) is 3.26. The first kappa shape index (κ1) is 20.2. The van der Waals surface area contributed by atoms with E-state index in [1.54, 1.807) is 25.0 Å². The summed E-state index contributed by atoms with van der Waals surface area (Å²) in [5.74, 6) is 1.37. The highest BCUT2D eigenvalue weighted by atomic mass is 35.5. The van der Waals surface area contributed by atoms with Gasteiger partial charge in [0.05, 0.1) is 25.6 Å². The van der Waals surface area contributed by atoms with Gasteiger partial charge < -0.3 is 14.8 Å². The molecule has 1 aliphatic rings. The van der Waals surface area contributed by atoms with E-state index in [4.69, 9.17) is 26.2 Å². The molecule has 0 radical (unpaired) electrons. The molecule has 7 heteroatoms. The Labute approximate surface area is 190 Å². The van der Waals surface area contributed by atoms with Crippen LogP contribution in [0.15, 0.2) is 72.8 Å². The molecule has 32 heavy (non-hydrogen) atoms. The molecule has 2 heterocycles. The molecule has 1 aliphatic heterocycles. The molecule has 4 aromatic rings. The van der Waals surface area contributed by atoms with Gasteiger partial charge in [-0.15, -0.1) is 0 Å². The van der Waals surface area contributed by atoms with E-state index < -0.39 is 6.04 Å². The van der Waals surface area contributed by atoms with E-state index in [-0.39, 0.29) is 5.91 Å². The number of amides is 1. The van der Waals surface area contributed by atoms with E-state index >= 15 is 0 Å². The molecular weight excluding hydrogens is 426 g/mol. The molecule has 160 valence electrons. The van der Waals surface area contributed by atoms with Crippen LogP contribution in [0.3, 0.4) is 0 Å². The third kappa shape index (κ3) is 3.48. The van der Waals surface area contributed by atoms with Crippen molar-refractivity contribution in [1.29, 1.82) is 0 Å². The highest BCUT2D eigenvalue weighted by Gasteiger charge is 2.35. The van der Waals surface area contributed by atoms with E-state index in [0.717, 1.165) is 45.3 Å². The van der Waals surface area contributed by atoms with Crippen LogP contribution in [0.1, 0.15) is 11.6 Å². The van der Waals surface area contributed by atoms with Crippen LogP contribution in [-0.2, 0) is 4.79 Å². The summed E-state index contributed by atoms with van der Waals surface area (Å²) < 4.78 is 12.3. The lowest BCUT2D eigenvalue weighted by Gasteiger charge is -2.14. The van der Waals surface area contributed by atoms with Gasteiger partial charge in [-0.3, -0.25) is 4.79 Å². The third-order valence-corrected chi connectivity index (χ3v) is 5.80. The van der Waals surface area contributed by atoms with Crippen LogP contribution in [-0.4, -0.2) is 29.9 Å². The third-order valence-electron chi connectivity index (χ3n) is 5.57. The fourth-order valence-electron chi connectivity index (χ4n) is 3.93. The number of rotatable bonds is 5. The minimum Gasteiger partial charge on any atom is -0.497 e. The average molecular weight is 446 g/mol. The molecule has 1 atom stereocenters. The molecule has 3 aromatic carbocycles. The molecule has 0 saturated heterocycles. The first-order valence-electron chi connectivity index (χ1n) is 10.1. The molecule has 0 spiro atoms. The van der Waals surface area contributed by atoms with E-state index in [1.165, 1.54) is 0 Å². The van der Waals surface area contributed by atoms with Crippen LogP contribution < -0.4 is 14.8 Å². The number of halogens is 1. The van der Waals surface area contributed by atoms with Crippen LogP contribution in [0.2, 0.25) is 5.02 Å². The van der Waals surface area contributed by atoms with Crippen molar-refractivity contribution in [1.82, 2.24) is 9.78 Å². The topological polar surface area (TPSA) is 65.4 Å². The molecule has 0 aliphatic carbocycles. The van der Waals surface area contributed by atoms with Gasteiger partial charge in [-0.2, -0.15) is 5.10 Å². The number of hydrogen-bond acceptors (Lipinski definition) is 4. The normalized spacial score (nSPS) is 14.7. The molecule has 0 saturated carbocycles. The van der Waals surface area contributed by atoms with Crippen LogP contribution >= 0.6 is 11.6 Å². The van der Waals surface area contributed by atoms with Crippen molar-refractivity contribution < 1.29 is 14.3 Å². The van der Waals surface area contributed by atoms with E-state index in [1.807, 2.05) is 66.7 Å². The highest BCUT2D eigenvalue weighted by molar-refractivity contribution is 6.31. The molecule has 1 aromatic heterocycles. The first-order chi connectivity index (χ1) is 15.6. The lowest BCUT2D eigenvalue weighted by molar-refractivity contribution is -0.117. The molecule has 1 unspecified atom stereocenters. The summed E-state index contributed by atoms with van der Waals surface area (Å²) in [5, 5.41) is 8.36. The second-order valence-corrected chi connectivity index (χ2v) is 7.88. The van der Waals surface area contributed by atoms with Gasteiger partial charge in [0.1, 0.15) is 11.5 Å². The number of carbonyl (C=O) groups excluding carboxylic acids is 1. The standard InChI is InChI=1S/C25H20ClN3O3/c1-31-18-8-3-15(4-9-18)22-14-23(16-5-10-19(32-2)11-6-16)29(28-22)24-20-13-17(26)7-12-21(20)27-25(24)30/h3-14,24H,1-2H3,(H,27,30). The Bertz CT molecular complexity index is 1300. The van der Waals surface area contributed by atoms with Gasteiger partial charge in [0.2, 0.25) is 0 Å². The Kier molecular flexibility index (Phi) is 5.07. The zero-order valence-corrected chi connectivity index (χ0v) is 18.3. The summed E-state index contributed by atoms with van der Waals surface area (Å²) >= 11 is 6.25. The van der Waals surface area contributed by atoms with E-state index in [0.29, 0.717) is 5.02 Å². The van der Waals surface area contributed by atoms with Gasteiger partial charge in [-0.1, -0.05) is 11.6 Å². The summed E-state index contributed by atoms with van der Waals surface area (Å²) in [6.07, 6.45) is 0. The summed E-state index contributed by atoms with van der Waals surface area (Å²) in [6, 6.07) is 22.1. The van der Waals surface area contributed by atoms with Crippen molar-refractivity contribution in [2.45, 2.75) is 6.04 Å². The van der Waals surface area contributed by atoms with Gasteiger partial charge in [0.25, 0.3) is 5.91 Å². The predicted octanol–water partition coefficient (Wildman–Crippen LogP) is 5.43. The molecule has 6 nitrogen and oxygen atoms in total. The Balaban J connectivity index is 1.67. The number of ether oxygens (including phenoxy) is 2. The van der Waals surface area contributed by atoms with Crippen LogP contribution in [0, 0.1) is 0 Å². The van der Waals surface area contributed by atoms with Gasteiger partial charge >= 0.3 is 0 Å². The maximum absolute atomic E-state index is 13.0. The summed E-state index contributed by atoms with van der Waals surface area (Å²) in [5.41, 5.74) is 4.94. The average Bonchev–Trinajstić information content (AvgIpc) is 3.39.